The molecule has 0 unspecified atom stereocenters. The highest BCUT2D eigenvalue weighted by Gasteiger charge is 2.48. The average molecular weight is 491 g/mol. The topological polar surface area (TPSA) is 64.7 Å². The van der Waals surface area contributed by atoms with Gasteiger partial charge in [0.15, 0.2) is 0 Å². The Morgan fingerprint density at radius 2 is 1.68 bits per heavy atom. The lowest BCUT2D eigenvalue weighted by molar-refractivity contribution is -0.143. The number of carbonyl (C=O) groups excluding carboxylic acids is 2. The fourth-order valence-electron chi connectivity index (χ4n) is 5.54. The molecule has 34 heavy (non-hydrogen) atoms. The van der Waals surface area contributed by atoms with Crippen LogP contribution in [0.4, 0.5) is 0 Å². The van der Waals surface area contributed by atoms with Crippen molar-refractivity contribution in [2.24, 2.45) is 11.3 Å². The molecule has 1 aromatic carbocycles. The fourth-order valence-corrected chi connectivity index (χ4v) is 5.67. The number of nitrogens with one attached hydrogen (secondary N) is 2. The van der Waals surface area contributed by atoms with Gasteiger partial charge in [-0.25, -0.2) is 5.01 Å². The maximum Gasteiger partial charge on any atom is 0.251 e. The monoisotopic (exact) mass is 490 g/mol. The number of carbonyl (C=O) groups is 2. The summed E-state index contributed by atoms with van der Waals surface area (Å²) in [5.74, 6) is 0.622. The van der Waals surface area contributed by atoms with Crippen LogP contribution in [0.3, 0.4) is 0 Å². The smallest absolute Gasteiger partial charge is 0.251 e. The van der Waals surface area contributed by atoms with Gasteiger partial charge in [-0.05, 0) is 90.6 Å². The van der Waals surface area contributed by atoms with Crippen molar-refractivity contribution in [3.05, 3.63) is 34.9 Å². The molecule has 6 nitrogen and oxygen atoms in total. The lowest BCUT2D eigenvalue weighted by atomic mass is 9.63. The summed E-state index contributed by atoms with van der Waals surface area (Å²) in [5, 5.41) is 6.00. The van der Waals surface area contributed by atoms with Crippen LogP contribution < -0.4 is 10.7 Å². The maximum atomic E-state index is 13.6. The van der Waals surface area contributed by atoms with Crippen molar-refractivity contribution in [2.75, 3.05) is 27.2 Å². The number of benzene rings is 1. The van der Waals surface area contributed by atoms with Crippen LogP contribution in [0, 0.1) is 11.3 Å². The Labute approximate surface area is 210 Å². The number of hydrogen-bond acceptors (Lipinski definition) is 4. The van der Waals surface area contributed by atoms with Gasteiger partial charge in [0.2, 0.25) is 5.91 Å². The van der Waals surface area contributed by atoms with Crippen molar-refractivity contribution >= 4 is 23.4 Å². The third-order valence-electron chi connectivity index (χ3n) is 7.52. The first kappa shape index (κ1) is 27.0. The van der Waals surface area contributed by atoms with Gasteiger partial charge < -0.3 is 5.32 Å². The molecule has 3 rings (SSSR count). The molecule has 1 saturated carbocycles. The summed E-state index contributed by atoms with van der Waals surface area (Å²) in [6, 6.07) is 7.38. The van der Waals surface area contributed by atoms with Crippen molar-refractivity contribution in [2.45, 2.75) is 83.7 Å². The molecule has 0 spiro atoms. The normalized spacial score (nSPS) is 20.7. The summed E-state index contributed by atoms with van der Waals surface area (Å²) >= 11 is 6.01. The second-order valence-electron chi connectivity index (χ2n) is 11.5. The summed E-state index contributed by atoms with van der Waals surface area (Å²) < 4.78 is 0. The van der Waals surface area contributed by atoms with Crippen molar-refractivity contribution in [1.29, 1.82) is 0 Å². The standard InChI is InChI=1S/C27H43ClN4O2/c1-26(2,3)29-25(34)27(21-9-7-6-8-10-21)15-17-32(18-16-27)30-24(33)23(31(4)5)19-20-11-13-22(28)14-12-20/h11-14,21,23H,6-10,15-19H2,1-5H3,(H,29,34)(H,30,33)/t23-/m1/s1. The van der Waals surface area contributed by atoms with E-state index in [1.165, 1.54) is 19.3 Å². The van der Waals surface area contributed by atoms with Gasteiger partial charge in [-0.2, -0.15) is 0 Å². The minimum atomic E-state index is -0.334. The molecule has 0 radical (unpaired) electrons. The van der Waals surface area contributed by atoms with E-state index in [1.807, 2.05) is 48.3 Å². The Morgan fingerprint density at radius 1 is 1.09 bits per heavy atom. The molecular formula is C27H43ClN4O2. The quantitative estimate of drug-likeness (QED) is 0.593. The molecule has 0 bridgehead atoms. The number of piperidine rings is 1. The van der Waals surface area contributed by atoms with Crippen LogP contribution in [-0.2, 0) is 16.0 Å². The Morgan fingerprint density at radius 3 is 2.21 bits per heavy atom. The summed E-state index contributed by atoms with van der Waals surface area (Å²) in [7, 11) is 3.86. The minimum Gasteiger partial charge on any atom is -0.351 e. The molecule has 2 amide bonds. The van der Waals surface area contributed by atoms with E-state index in [-0.39, 0.29) is 28.8 Å². The van der Waals surface area contributed by atoms with E-state index < -0.39 is 0 Å². The van der Waals surface area contributed by atoms with Gasteiger partial charge in [-0.3, -0.25) is 19.9 Å². The number of rotatable bonds is 7. The lowest BCUT2D eigenvalue weighted by Gasteiger charge is -2.47. The molecule has 2 aliphatic rings. The van der Waals surface area contributed by atoms with Crippen LogP contribution in [-0.4, -0.2) is 60.5 Å². The molecule has 1 heterocycles. The SMILES string of the molecule is CN(C)[C@H](Cc1ccc(Cl)cc1)C(=O)NN1CCC(C(=O)NC(C)(C)C)(C2CCCCC2)CC1. The zero-order valence-corrected chi connectivity index (χ0v) is 22.4. The van der Waals surface area contributed by atoms with Crippen molar-refractivity contribution < 1.29 is 9.59 Å². The number of hydrogen-bond donors (Lipinski definition) is 2. The van der Waals surface area contributed by atoms with Gasteiger partial charge in [-0.15, -0.1) is 0 Å². The van der Waals surface area contributed by atoms with E-state index >= 15 is 0 Å². The maximum absolute atomic E-state index is 13.6. The second kappa shape index (κ2) is 11.4. The molecule has 190 valence electrons. The number of amides is 2. The summed E-state index contributed by atoms with van der Waals surface area (Å²) in [6.07, 6.45) is 8.14. The van der Waals surface area contributed by atoms with E-state index in [0.717, 1.165) is 31.2 Å². The molecule has 1 aromatic rings. The van der Waals surface area contributed by atoms with Crippen molar-refractivity contribution in [1.82, 2.24) is 20.7 Å². The van der Waals surface area contributed by atoms with Crippen molar-refractivity contribution in [3.63, 3.8) is 0 Å². The number of halogens is 1. The van der Waals surface area contributed by atoms with Gasteiger partial charge >= 0.3 is 0 Å². The first-order valence-electron chi connectivity index (χ1n) is 12.8. The molecule has 1 atom stereocenters. The Balaban J connectivity index is 1.65. The summed E-state index contributed by atoms with van der Waals surface area (Å²) in [6.45, 7) is 7.55. The van der Waals surface area contributed by atoms with Gasteiger partial charge in [-0.1, -0.05) is 43.0 Å². The van der Waals surface area contributed by atoms with E-state index in [9.17, 15) is 9.59 Å². The van der Waals surface area contributed by atoms with Gasteiger partial charge in [0.25, 0.3) is 5.91 Å². The molecule has 1 aliphatic heterocycles. The molecule has 1 saturated heterocycles. The van der Waals surface area contributed by atoms with Crippen LogP contribution in [0.2, 0.25) is 5.02 Å². The predicted molar refractivity (Wildman–Crippen MR) is 138 cm³/mol. The molecule has 2 N–H and O–H groups in total. The largest absolute Gasteiger partial charge is 0.351 e. The van der Waals surface area contributed by atoms with Gasteiger partial charge in [0, 0.05) is 23.7 Å². The van der Waals surface area contributed by atoms with Crippen LogP contribution in [0.15, 0.2) is 24.3 Å². The van der Waals surface area contributed by atoms with Crippen LogP contribution in [0.5, 0.6) is 0 Å². The highest BCUT2D eigenvalue weighted by atomic mass is 35.5. The first-order chi connectivity index (χ1) is 16.0. The van der Waals surface area contributed by atoms with Crippen LogP contribution in [0.1, 0.15) is 71.3 Å². The highest BCUT2D eigenvalue weighted by Crippen LogP contribution is 2.46. The van der Waals surface area contributed by atoms with Crippen LogP contribution >= 0.6 is 11.6 Å². The molecule has 7 heteroatoms. The Hall–Kier alpha value is -1.63. The third-order valence-corrected chi connectivity index (χ3v) is 7.77. The van der Waals surface area contributed by atoms with E-state index in [2.05, 4.69) is 31.5 Å². The molecule has 2 fully saturated rings. The Bertz CT molecular complexity index is 820. The van der Waals surface area contributed by atoms with E-state index in [0.29, 0.717) is 30.5 Å². The predicted octanol–water partition coefficient (Wildman–Crippen LogP) is 4.42. The third kappa shape index (κ3) is 6.96. The number of hydrazine groups is 1. The van der Waals surface area contributed by atoms with Crippen molar-refractivity contribution in [3.8, 4) is 0 Å². The summed E-state index contributed by atoms with van der Waals surface area (Å²) in [5.41, 5.74) is 3.65. The second-order valence-corrected chi connectivity index (χ2v) is 11.9. The lowest BCUT2D eigenvalue weighted by Crippen LogP contribution is -2.60. The van der Waals surface area contributed by atoms with Crippen LogP contribution in [0.25, 0.3) is 0 Å². The van der Waals surface area contributed by atoms with E-state index in [1.54, 1.807) is 0 Å². The number of nitrogens with zero attached hydrogens (tertiary/aromatic N) is 2. The molecule has 1 aliphatic carbocycles. The zero-order chi connectivity index (χ0) is 24.9. The zero-order valence-electron chi connectivity index (χ0n) is 21.6. The molecule has 0 aromatic heterocycles. The van der Waals surface area contributed by atoms with Gasteiger partial charge in [0.1, 0.15) is 0 Å². The average Bonchev–Trinajstić information content (AvgIpc) is 2.78. The first-order valence-corrected chi connectivity index (χ1v) is 13.2. The van der Waals surface area contributed by atoms with Gasteiger partial charge in [0.05, 0.1) is 11.5 Å². The summed E-state index contributed by atoms with van der Waals surface area (Å²) in [4.78, 5) is 28.7. The Kier molecular flexibility index (Phi) is 9.04. The van der Waals surface area contributed by atoms with E-state index in [4.69, 9.17) is 11.6 Å². The fraction of sp³-hybridized carbons (Fsp3) is 0.704. The highest BCUT2D eigenvalue weighted by molar-refractivity contribution is 6.30. The number of likely N-dealkylation sites (N-methyl/N-ethyl adjacent to an activating group) is 1. The molecular weight excluding hydrogens is 448 g/mol. The minimum absolute atomic E-state index is 0.00994.